The van der Waals surface area contributed by atoms with Crippen LogP contribution in [0.15, 0.2) is 21.7 Å². The van der Waals surface area contributed by atoms with Crippen LogP contribution in [0.4, 0.5) is 0 Å². The first-order chi connectivity index (χ1) is 8.65. The summed E-state index contributed by atoms with van der Waals surface area (Å²) in [5.41, 5.74) is -0.163. The second kappa shape index (κ2) is 7.81. The van der Waals surface area contributed by atoms with Crippen molar-refractivity contribution in [2.45, 2.75) is 30.9 Å². The minimum atomic E-state index is -0.163. The van der Waals surface area contributed by atoms with Gasteiger partial charge in [0.1, 0.15) is 0 Å². The zero-order chi connectivity index (χ0) is 13.4. The highest BCUT2D eigenvalue weighted by molar-refractivity contribution is 8.01. The van der Waals surface area contributed by atoms with Crippen LogP contribution in [0.1, 0.15) is 26.7 Å². The van der Waals surface area contributed by atoms with Gasteiger partial charge in [0.05, 0.1) is 16.6 Å². The number of rotatable bonds is 8. The largest absolute Gasteiger partial charge is 0.396 e. The maximum atomic E-state index is 11.7. The maximum Gasteiger partial charge on any atom is 0.230 e. The summed E-state index contributed by atoms with van der Waals surface area (Å²) >= 11 is 3.20. The third-order valence-corrected chi connectivity index (χ3v) is 5.47. The average molecular weight is 287 g/mol. The Bertz CT molecular complexity index is 340. The summed E-state index contributed by atoms with van der Waals surface area (Å²) in [6.45, 7) is 4.78. The van der Waals surface area contributed by atoms with Gasteiger partial charge in [0.2, 0.25) is 5.91 Å². The first-order valence-corrected chi connectivity index (χ1v) is 8.06. The summed E-state index contributed by atoms with van der Waals surface area (Å²) < 4.78 is 1.16. The molecule has 1 aromatic rings. The molecule has 0 fully saturated rings. The Labute approximate surface area is 117 Å². The fourth-order valence-corrected chi connectivity index (χ4v) is 3.21. The van der Waals surface area contributed by atoms with Gasteiger partial charge in [0, 0.05) is 12.0 Å². The minimum absolute atomic E-state index is 0.0353. The molecule has 0 saturated heterocycles. The Kier molecular flexibility index (Phi) is 6.75. The van der Waals surface area contributed by atoms with Crippen LogP contribution in [0.3, 0.4) is 0 Å². The van der Waals surface area contributed by atoms with Crippen LogP contribution in [-0.2, 0) is 4.79 Å². The molecule has 2 N–H and O–H groups in total. The van der Waals surface area contributed by atoms with E-state index in [-0.39, 0.29) is 17.9 Å². The molecule has 0 aliphatic heterocycles. The van der Waals surface area contributed by atoms with Gasteiger partial charge in [-0.05, 0) is 24.3 Å². The molecule has 3 nitrogen and oxygen atoms in total. The first-order valence-electron chi connectivity index (χ1n) is 6.19. The summed E-state index contributed by atoms with van der Waals surface area (Å²) in [5.74, 6) is 0.475. The van der Waals surface area contributed by atoms with Crippen molar-refractivity contribution in [3.63, 3.8) is 0 Å². The van der Waals surface area contributed by atoms with Gasteiger partial charge in [-0.1, -0.05) is 19.9 Å². The highest BCUT2D eigenvalue weighted by Gasteiger charge is 2.25. The fraction of sp³-hybridized carbons (Fsp3) is 0.615. The van der Waals surface area contributed by atoms with E-state index < -0.39 is 0 Å². The van der Waals surface area contributed by atoms with E-state index in [0.29, 0.717) is 12.3 Å². The molecule has 0 aliphatic carbocycles. The summed E-state index contributed by atoms with van der Waals surface area (Å²) in [7, 11) is 0. The van der Waals surface area contributed by atoms with E-state index in [2.05, 4.69) is 5.32 Å². The van der Waals surface area contributed by atoms with Gasteiger partial charge in [-0.2, -0.15) is 0 Å². The summed E-state index contributed by atoms with van der Waals surface area (Å²) in [4.78, 5) is 11.7. The molecule has 1 heterocycles. The lowest BCUT2D eigenvalue weighted by Gasteiger charge is -2.29. The minimum Gasteiger partial charge on any atom is -0.396 e. The van der Waals surface area contributed by atoms with E-state index in [0.717, 1.165) is 17.1 Å². The smallest absolute Gasteiger partial charge is 0.230 e. The van der Waals surface area contributed by atoms with Gasteiger partial charge in [-0.3, -0.25) is 4.79 Å². The monoisotopic (exact) mass is 287 g/mol. The van der Waals surface area contributed by atoms with Crippen LogP contribution < -0.4 is 5.32 Å². The summed E-state index contributed by atoms with van der Waals surface area (Å²) in [6.07, 6.45) is 1.75. The number of carbonyl (C=O) groups is 1. The number of aliphatic hydroxyl groups excluding tert-OH is 1. The molecule has 0 bridgehead atoms. The lowest BCUT2D eigenvalue weighted by molar-refractivity contribution is -0.119. The molecule has 102 valence electrons. The van der Waals surface area contributed by atoms with Crippen molar-refractivity contribution in [3.05, 3.63) is 17.5 Å². The zero-order valence-corrected chi connectivity index (χ0v) is 12.6. The van der Waals surface area contributed by atoms with Crippen LogP contribution in [0, 0.1) is 5.41 Å². The van der Waals surface area contributed by atoms with Gasteiger partial charge >= 0.3 is 0 Å². The molecule has 1 amide bonds. The maximum absolute atomic E-state index is 11.7. The number of aliphatic hydroxyl groups is 1. The number of hydrogen-bond acceptors (Lipinski definition) is 4. The molecular formula is C13H21NO2S2. The van der Waals surface area contributed by atoms with E-state index in [1.54, 1.807) is 23.1 Å². The van der Waals surface area contributed by atoms with Crippen molar-refractivity contribution in [2.24, 2.45) is 5.41 Å². The molecule has 0 radical (unpaired) electrons. The van der Waals surface area contributed by atoms with Gasteiger partial charge < -0.3 is 10.4 Å². The van der Waals surface area contributed by atoms with Gasteiger partial charge in [-0.15, -0.1) is 23.1 Å². The van der Waals surface area contributed by atoms with Crippen LogP contribution in [-0.4, -0.2) is 29.9 Å². The van der Waals surface area contributed by atoms with Crippen molar-refractivity contribution < 1.29 is 9.90 Å². The van der Waals surface area contributed by atoms with Crippen LogP contribution in [0.2, 0.25) is 0 Å². The quantitative estimate of drug-likeness (QED) is 0.723. The SMILES string of the molecule is CCC(CC)(CO)CNC(=O)CSc1cccs1. The molecular weight excluding hydrogens is 266 g/mol. The highest BCUT2D eigenvalue weighted by atomic mass is 32.2. The number of thioether (sulfide) groups is 1. The second-order valence-corrected chi connectivity index (χ2v) is 6.59. The first kappa shape index (κ1) is 15.5. The standard InChI is InChI=1S/C13H21NO2S2/c1-3-13(4-2,10-15)9-14-11(16)8-18-12-6-5-7-17-12/h5-7,15H,3-4,8-10H2,1-2H3,(H,14,16). The second-order valence-electron chi connectivity index (χ2n) is 4.36. The average Bonchev–Trinajstić information content (AvgIpc) is 2.92. The van der Waals surface area contributed by atoms with Gasteiger partial charge in [0.25, 0.3) is 0 Å². The van der Waals surface area contributed by atoms with Crippen molar-refractivity contribution in [1.29, 1.82) is 0 Å². The van der Waals surface area contributed by atoms with Crippen molar-refractivity contribution in [1.82, 2.24) is 5.32 Å². The lowest BCUT2D eigenvalue weighted by Crippen LogP contribution is -2.40. The third-order valence-electron chi connectivity index (χ3n) is 3.34. The molecule has 0 aromatic carbocycles. The molecule has 1 aromatic heterocycles. The molecule has 18 heavy (non-hydrogen) atoms. The number of carbonyl (C=O) groups excluding carboxylic acids is 1. The molecule has 0 spiro atoms. The number of thiophene rings is 1. The Balaban J connectivity index is 2.32. The number of nitrogens with one attached hydrogen (secondary N) is 1. The van der Waals surface area contributed by atoms with E-state index >= 15 is 0 Å². The van der Waals surface area contributed by atoms with E-state index in [1.807, 2.05) is 31.4 Å². The topological polar surface area (TPSA) is 49.3 Å². The third kappa shape index (κ3) is 4.63. The Hall–Kier alpha value is -0.520. The number of hydrogen-bond donors (Lipinski definition) is 2. The van der Waals surface area contributed by atoms with Crippen molar-refractivity contribution in [3.8, 4) is 0 Å². The van der Waals surface area contributed by atoms with Crippen molar-refractivity contribution >= 4 is 29.0 Å². The van der Waals surface area contributed by atoms with Gasteiger partial charge in [0.15, 0.2) is 0 Å². The highest BCUT2D eigenvalue weighted by Crippen LogP contribution is 2.25. The fourth-order valence-electron chi connectivity index (χ4n) is 1.60. The Morgan fingerprint density at radius 1 is 1.50 bits per heavy atom. The van der Waals surface area contributed by atoms with Crippen LogP contribution in [0.5, 0.6) is 0 Å². The normalized spacial score (nSPS) is 11.5. The lowest BCUT2D eigenvalue weighted by atomic mass is 9.83. The Morgan fingerprint density at radius 3 is 2.72 bits per heavy atom. The molecule has 0 unspecified atom stereocenters. The summed E-state index contributed by atoms with van der Waals surface area (Å²) in [6, 6.07) is 3.99. The van der Waals surface area contributed by atoms with Crippen LogP contribution in [0.25, 0.3) is 0 Å². The molecule has 0 aliphatic rings. The number of amides is 1. The molecule has 0 atom stereocenters. The molecule has 5 heteroatoms. The molecule has 0 saturated carbocycles. The zero-order valence-electron chi connectivity index (χ0n) is 10.9. The molecule has 1 rings (SSSR count). The van der Waals surface area contributed by atoms with E-state index in [4.69, 9.17) is 0 Å². The van der Waals surface area contributed by atoms with Gasteiger partial charge in [-0.25, -0.2) is 0 Å². The van der Waals surface area contributed by atoms with E-state index in [9.17, 15) is 9.90 Å². The van der Waals surface area contributed by atoms with E-state index in [1.165, 1.54) is 0 Å². The van der Waals surface area contributed by atoms with Crippen molar-refractivity contribution in [2.75, 3.05) is 18.9 Å². The Morgan fingerprint density at radius 2 is 2.22 bits per heavy atom. The van der Waals surface area contributed by atoms with Crippen LogP contribution >= 0.6 is 23.1 Å². The summed E-state index contributed by atoms with van der Waals surface area (Å²) in [5, 5.41) is 14.3. The predicted molar refractivity (Wildman–Crippen MR) is 78.2 cm³/mol. The predicted octanol–water partition coefficient (Wildman–Crippen LogP) is 2.76.